The first kappa shape index (κ1) is 12.7. The molecule has 0 aliphatic rings. The molecule has 1 aromatic heterocycles. The van der Waals surface area contributed by atoms with Gasteiger partial charge in [0.05, 0.1) is 5.69 Å². The standard InChI is InChI=1S/C11H10ClN3O2S/c12-8-3-5-9(6-4-8)15-18(16,17)11-10(13)2-1-7-14-11/h1-7,15H,13H2. The number of nitrogen functional groups attached to an aromatic ring is 1. The third kappa shape index (κ3) is 2.72. The fourth-order valence-corrected chi connectivity index (χ4v) is 2.60. The lowest BCUT2D eigenvalue weighted by Gasteiger charge is -2.08. The molecule has 3 N–H and O–H groups in total. The van der Waals surface area contributed by atoms with Crippen molar-refractivity contribution in [2.24, 2.45) is 0 Å². The van der Waals surface area contributed by atoms with Crippen LogP contribution in [0.1, 0.15) is 0 Å². The molecule has 94 valence electrons. The second kappa shape index (κ2) is 4.83. The van der Waals surface area contributed by atoms with Crippen LogP contribution in [0, 0.1) is 0 Å². The van der Waals surface area contributed by atoms with Crippen LogP contribution in [0.3, 0.4) is 0 Å². The van der Waals surface area contributed by atoms with E-state index in [0.717, 1.165) is 0 Å². The number of sulfonamides is 1. The minimum atomic E-state index is -3.79. The van der Waals surface area contributed by atoms with Gasteiger partial charge >= 0.3 is 0 Å². The monoisotopic (exact) mass is 283 g/mol. The van der Waals surface area contributed by atoms with Crippen molar-refractivity contribution in [3.63, 3.8) is 0 Å². The molecule has 0 atom stereocenters. The average molecular weight is 284 g/mol. The van der Waals surface area contributed by atoms with E-state index in [0.29, 0.717) is 10.7 Å². The first-order valence-electron chi connectivity index (χ1n) is 4.98. The van der Waals surface area contributed by atoms with Crippen molar-refractivity contribution in [3.05, 3.63) is 47.6 Å². The van der Waals surface area contributed by atoms with Crippen molar-refractivity contribution in [3.8, 4) is 0 Å². The zero-order chi connectivity index (χ0) is 13.2. The van der Waals surface area contributed by atoms with Crippen LogP contribution in [0.5, 0.6) is 0 Å². The number of anilines is 2. The van der Waals surface area contributed by atoms with Crippen molar-refractivity contribution < 1.29 is 8.42 Å². The van der Waals surface area contributed by atoms with Crippen molar-refractivity contribution in [2.45, 2.75) is 5.03 Å². The van der Waals surface area contributed by atoms with Crippen LogP contribution in [-0.4, -0.2) is 13.4 Å². The number of nitrogens with two attached hydrogens (primary N) is 1. The number of nitrogens with one attached hydrogen (secondary N) is 1. The van der Waals surface area contributed by atoms with Gasteiger partial charge in [0, 0.05) is 16.9 Å². The summed E-state index contributed by atoms with van der Waals surface area (Å²) in [5.41, 5.74) is 6.07. The van der Waals surface area contributed by atoms with Gasteiger partial charge in [-0.25, -0.2) is 4.98 Å². The molecule has 5 nitrogen and oxygen atoms in total. The first-order valence-corrected chi connectivity index (χ1v) is 6.84. The average Bonchev–Trinajstić information content (AvgIpc) is 2.32. The SMILES string of the molecule is Nc1cccnc1S(=O)(=O)Nc1ccc(Cl)cc1. The van der Waals surface area contributed by atoms with Crippen molar-refractivity contribution in [2.75, 3.05) is 10.5 Å². The number of rotatable bonds is 3. The number of hydrogen-bond acceptors (Lipinski definition) is 4. The zero-order valence-corrected chi connectivity index (χ0v) is 10.7. The lowest BCUT2D eigenvalue weighted by molar-refractivity contribution is 0.598. The van der Waals surface area contributed by atoms with Crippen LogP contribution in [0.2, 0.25) is 5.02 Å². The molecule has 0 aliphatic carbocycles. The Morgan fingerprint density at radius 3 is 2.44 bits per heavy atom. The molecule has 0 spiro atoms. The summed E-state index contributed by atoms with van der Waals surface area (Å²) in [5, 5.41) is 0.329. The zero-order valence-electron chi connectivity index (χ0n) is 9.17. The molecule has 0 saturated heterocycles. The summed E-state index contributed by atoms with van der Waals surface area (Å²) in [6, 6.07) is 9.32. The molecule has 0 saturated carbocycles. The van der Waals surface area contributed by atoms with Gasteiger partial charge in [0.15, 0.2) is 5.03 Å². The molecular formula is C11H10ClN3O2S. The molecule has 0 fully saturated rings. The third-order valence-electron chi connectivity index (χ3n) is 2.15. The first-order chi connectivity index (χ1) is 8.49. The second-order valence-corrected chi connectivity index (χ2v) is 5.54. The van der Waals surface area contributed by atoms with Gasteiger partial charge in [-0.15, -0.1) is 0 Å². The number of aromatic nitrogens is 1. The van der Waals surface area contributed by atoms with Crippen LogP contribution in [0.4, 0.5) is 11.4 Å². The maximum absolute atomic E-state index is 12.0. The maximum Gasteiger partial charge on any atom is 0.281 e. The lowest BCUT2D eigenvalue weighted by atomic mass is 10.3. The fraction of sp³-hybridized carbons (Fsp3) is 0. The number of benzene rings is 1. The maximum atomic E-state index is 12.0. The largest absolute Gasteiger partial charge is 0.396 e. The van der Waals surface area contributed by atoms with E-state index in [9.17, 15) is 8.42 Å². The highest BCUT2D eigenvalue weighted by Gasteiger charge is 2.18. The van der Waals surface area contributed by atoms with Gasteiger partial charge in [-0.05, 0) is 36.4 Å². The van der Waals surface area contributed by atoms with Gasteiger partial charge in [0.1, 0.15) is 0 Å². The van der Waals surface area contributed by atoms with Crippen LogP contribution in [-0.2, 0) is 10.0 Å². The number of hydrogen-bond donors (Lipinski definition) is 2. The molecule has 0 bridgehead atoms. The molecule has 2 rings (SSSR count). The van der Waals surface area contributed by atoms with Crippen LogP contribution < -0.4 is 10.5 Å². The molecule has 0 radical (unpaired) electrons. The number of halogens is 1. The topological polar surface area (TPSA) is 85.1 Å². The van der Waals surface area contributed by atoms with Gasteiger partial charge in [-0.1, -0.05) is 11.6 Å². The molecule has 18 heavy (non-hydrogen) atoms. The Kier molecular flexibility index (Phi) is 3.40. The molecule has 7 heteroatoms. The third-order valence-corrected chi connectivity index (χ3v) is 3.76. The normalized spacial score (nSPS) is 11.2. The molecule has 0 amide bonds. The minimum Gasteiger partial charge on any atom is -0.396 e. The van der Waals surface area contributed by atoms with E-state index in [1.165, 1.54) is 12.3 Å². The van der Waals surface area contributed by atoms with Gasteiger partial charge in [0.2, 0.25) is 0 Å². The van der Waals surface area contributed by atoms with Crippen LogP contribution in [0.15, 0.2) is 47.6 Å². The number of pyridine rings is 1. The molecule has 0 aliphatic heterocycles. The summed E-state index contributed by atoms with van der Waals surface area (Å²) < 4.78 is 26.4. The van der Waals surface area contributed by atoms with E-state index >= 15 is 0 Å². The predicted molar refractivity (Wildman–Crippen MR) is 70.9 cm³/mol. The quantitative estimate of drug-likeness (QED) is 0.903. The Labute approximate surface area is 110 Å². The Morgan fingerprint density at radius 1 is 1.17 bits per heavy atom. The summed E-state index contributed by atoms with van der Waals surface area (Å²) in [6.45, 7) is 0. The van der Waals surface area contributed by atoms with E-state index < -0.39 is 10.0 Å². The van der Waals surface area contributed by atoms with Crippen LogP contribution in [0.25, 0.3) is 0 Å². The Morgan fingerprint density at radius 2 is 1.83 bits per heavy atom. The molecule has 1 aromatic carbocycles. The number of nitrogens with zero attached hydrogens (tertiary/aromatic N) is 1. The van der Waals surface area contributed by atoms with Gasteiger partial charge in [-0.3, -0.25) is 4.72 Å². The van der Waals surface area contributed by atoms with Gasteiger partial charge in [0.25, 0.3) is 10.0 Å². The molecule has 2 aromatic rings. The highest BCUT2D eigenvalue weighted by molar-refractivity contribution is 7.92. The van der Waals surface area contributed by atoms with Crippen molar-refractivity contribution in [1.29, 1.82) is 0 Å². The van der Waals surface area contributed by atoms with E-state index in [4.69, 9.17) is 17.3 Å². The van der Waals surface area contributed by atoms with Crippen LogP contribution >= 0.6 is 11.6 Å². The Balaban J connectivity index is 2.33. The van der Waals surface area contributed by atoms with Gasteiger partial charge in [-0.2, -0.15) is 8.42 Å². The molecule has 1 heterocycles. The Bertz CT molecular complexity index is 656. The summed E-state index contributed by atoms with van der Waals surface area (Å²) in [6.07, 6.45) is 1.37. The highest BCUT2D eigenvalue weighted by atomic mass is 35.5. The van der Waals surface area contributed by atoms with E-state index in [-0.39, 0.29) is 10.7 Å². The fourth-order valence-electron chi connectivity index (χ4n) is 1.35. The summed E-state index contributed by atoms with van der Waals surface area (Å²) >= 11 is 5.72. The van der Waals surface area contributed by atoms with E-state index in [1.54, 1.807) is 30.3 Å². The summed E-state index contributed by atoms with van der Waals surface area (Å²) in [4.78, 5) is 3.76. The van der Waals surface area contributed by atoms with Crippen molar-refractivity contribution in [1.82, 2.24) is 4.98 Å². The molecular weight excluding hydrogens is 274 g/mol. The summed E-state index contributed by atoms with van der Waals surface area (Å²) in [5.74, 6) is 0. The highest BCUT2D eigenvalue weighted by Crippen LogP contribution is 2.20. The van der Waals surface area contributed by atoms with E-state index in [1.807, 2.05) is 0 Å². The van der Waals surface area contributed by atoms with Gasteiger partial charge < -0.3 is 5.73 Å². The molecule has 0 unspecified atom stereocenters. The Hall–Kier alpha value is -1.79. The lowest BCUT2D eigenvalue weighted by Crippen LogP contribution is -2.16. The second-order valence-electron chi connectivity index (χ2n) is 3.51. The minimum absolute atomic E-state index is 0.0963. The van der Waals surface area contributed by atoms with E-state index in [2.05, 4.69) is 9.71 Å². The summed E-state index contributed by atoms with van der Waals surface area (Å²) in [7, 11) is -3.79. The smallest absolute Gasteiger partial charge is 0.281 e. The van der Waals surface area contributed by atoms with Crippen molar-refractivity contribution >= 4 is 33.0 Å². The predicted octanol–water partition coefficient (Wildman–Crippen LogP) is 2.12.